The molecule has 0 spiro atoms. The molecule has 1 rings (SSSR count). The molecule has 0 aliphatic heterocycles. The van der Waals surface area contributed by atoms with Crippen LogP contribution in [0.1, 0.15) is 30.0 Å². The molecular formula is C13H18N2. The van der Waals surface area contributed by atoms with E-state index in [0.29, 0.717) is 6.42 Å². The van der Waals surface area contributed by atoms with E-state index >= 15 is 0 Å². The average Bonchev–Trinajstić information content (AvgIpc) is 2.20. The first-order valence-electron chi connectivity index (χ1n) is 5.40. The molecule has 1 N–H and O–H groups in total. The topological polar surface area (TPSA) is 35.8 Å². The zero-order chi connectivity index (χ0) is 11.3. The third-order valence-electron chi connectivity index (χ3n) is 2.47. The molecule has 0 radical (unpaired) electrons. The highest BCUT2D eigenvalue weighted by Crippen LogP contribution is 2.22. The van der Waals surface area contributed by atoms with E-state index in [-0.39, 0.29) is 0 Å². The molecule has 0 atom stereocenters. The first kappa shape index (κ1) is 11.6. The fourth-order valence-electron chi connectivity index (χ4n) is 1.85. The van der Waals surface area contributed by atoms with Crippen molar-refractivity contribution in [2.45, 2.75) is 33.6 Å². The lowest BCUT2D eigenvalue weighted by Crippen LogP contribution is -2.02. The van der Waals surface area contributed by atoms with Gasteiger partial charge in [-0.2, -0.15) is 5.26 Å². The van der Waals surface area contributed by atoms with Gasteiger partial charge < -0.3 is 5.32 Å². The molecule has 1 aromatic rings. The molecule has 0 bridgehead atoms. The summed E-state index contributed by atoms with van der Waals surface area (Å²) < 4.78 is 0. The minimum Gasteiger partial charge on any atom is -0.385 e. The van der Waals surface area contributed by atoms with E-state index in [1.807, 2.05) is 0 Å². The highest BCUT2D eigenvalue weighted by atomic mass is 14.9. The van der Waals surface area contributed by atoms with Gasteiger partial charge in [0.25, 0.3) is 0 Å². The largest absolute Gasteiger partial charge is 0.385 e. The first-order chi connectivity index (χ1) is 7.19. The molecule has 2 heteroatoms. The quantitative estimate of drug-likeness (QED) is 0.814. The molecule has 80 valence electrons. The standard InChI is InChI=1S/C13H18N2/c1-4-15-13-10(2)8-12(6-5-7-14)9-11(13)3/h8-9,15H,4-6H2,1-3H3. The molecule has 0 unspecified atom stereocenters. The number of hydrogen-bond acceptors (Lipinski definition) is 2. The van der Waals surface area contributed by atoms with Crippen molar-refractivity contribution in [1.29, 1.82) is 5.26 Å². The van der Waals surface area contributed by atoms with Gasteiger partial charge in [0.15, 0.2) is 0 Å². The van der Waals surface area contributed by atoms with Crippen LogP contribution in [0.25, 0.3) is 0 Å². The van der Waals surface area contributed by atoms with Crippen LogP contribution in [0.3, 0.4) is 0 Å². The second-order valence-electron chi connectivity index (χ2n) is 3.79. The van der Waals surface area contributed by atoms with Crippen molar-refractivity contribution < 1.29 is 0 Å². The highest BCUT2D eigenvalue weighted by molar-refractivity contribution is 5.58. The Kier molecular flexibility index (Phi) is 4.17. The van der Waals surface area contributed by atoms with Gasteiger partial charge >= 0.3 is 0 Å². The Morgan fingerprint density at radius 2 is 1.87 bits per heavy atom. The minimum atomic E-state index is 0.597. The average molecular weight is 202 g/mol. The van der Waals surface area contributed by atoms with E-state index in [0.717, 1.165) is 13.0 Å². The third-order valence-corrected chi connectivity index (χ3v) is 2.47. The van der Waals surface area contributed by atoms with Gasteiger partial charge in [-0.15, -0.1) is 0 Å². The Morgan fingerprint density at radius 1 is 1.27 bits per heavy atom. The molecule has 0 saturated carbocycles. The van der Waals surface area contributed by atoms with Crippen LogP contribution in [0.15, 0.2) is 12.1 Å². The lowest BCUT2D eigenvalue weighted by molar-refractivity contribution is 1.00. The highest BCUT2D eigenvalue weighted by Gasteiger charge is 2.03. The summed E-state index contributed by atoms with van der Waals surface area (Å²) in [7, 11) is 0. The second kappa shape index (κ2) is 5.41. The molecule has 1 aromatic carbocycles. The number of hydrogen-bond donors (Lipinski definition) is 1. The number of benzene rings is 1. The maximum absolute atomic E-state index is 8.54. The van der Waals surface area contributed by atoms with E-state index < -0.39 is 0 Å². The van der Waals surface area contributed by atoms with Crippen molar-refractivity contribution in [3.8, 4) is 6.07 Å². The zero-order valence-corrected chi connectivity index (χ0v) is 9.72. The third kappa shape index (κ3) is 2.99. The number of aryl methyl sites for hydroxylation is 3. The molecule has 0 heterocycles. The van der Waals surface area contributed by atoms with Gasteiger partial charge in [0.1, 0.15) is 0 Å². The summed E-state index contributed by atoms with van der Waals surface area (Å²) in [6, 6.07) is 6.52. The number of nitrogens with zero attached hydrogens (tertiary/aromatic N) is 1. The summed E-state index contributed by atoms with van der Waals surface area (Å²) in [5, 5.41) is 11.9. The molecule has 0 aliphatic carbocycles. The van der Waals surface area contributed by atoms with Gasteiger partial charge in [-0.3, -0.25) is 0 Å². The zero-order valence-electron chi connectivity index (χ0n) is 9.72. The lowest BCUT2D eigenvalue weighted by atomic mass is 10.0. The Morgan fingerprint density at radius 3 is 2.33 bits per heavy atom. The van der Waals surface area contributed by atoms with Crippen molar-refractivity contribution in [2.75, 3.05) is 11.9 Å². The molecule has 0 amide bonds. The van der Waals surface area contributed by atoms with Crippen LogP contribution in [0.5, 0.6) is 0 Å². The molecule has 0 aliphatic rings. The van der Waals surface area contributed by atoms with Crippen LogP contribution in [-0.4, -0.2) is 6.54 Å². The molecule has 15 heavy (non-hydrogen) atoms. The normalized spacial score (nSPS) is 9.73. The van der Waals surface area contributed by atoms with Crippen molar-refractivity contribution in [2.24, 2.45) is 0 Å². The van der Waals surface area contributed by atoms with E-state index in [1.54, 1.807) is 0 Å². The molecule has 0 saturated heterocycles. The monoisotopic (exact) mass is 202 g/mol. The van der Waals surface area contributed by atoms with E-state index in [9.17, 15) is 0 Å². The van der Waals surface area contributed by atoms with Crippen molar-refractivity contribution in [3.05, 3.63) is 28.8 Å². The van der Waals surface area contributed by atoms with Crippen molar-refractivity contribution in [3.63, 3.8) is 0 Å². The first-order valence-corrected chi connectivity index (χ1v) is 5.40. The van der Waals surface area contributed by atoms with Gasteiger partial charge in [0, 0.05) is 18.7 Å². The SMILES string of the molecule is CCNc1c(C)cc(CCC#N)cc1C. The summed E-state index contributed by atoms with van der Waals surface area (Å²) in [5.74, 6) is 0. The Bertz CT molecular complexity index is 352. The number of anilines is 1. The Labute approximate surface area is 91.9 Å². The number of nitrogens with one attached hydrogen (secondary N) is 1. The molecular weight excluding hydrogens is 184 g/mol. The fraction of sp³-hybridized carbons (Fsp3) is 0.462. The summed E-state index contributed by atoms with van der Waals surface area (Å²) >= 11 is 0. The molecule has 0 fully saturated rings. The summed E-state index contributed by atoms with van der Waals surface area (Å²) in [5.41, 5.74) is 5.03. The fourth-order valence-corrected chi connectivity index (χ4v) is 1.85. The summed E-state index contributed by atoms with van der Waals surface area (Å²) in [6.07, 6.45) is 1.45. The maximum Gasteiger partial charge on any atom is 0.0625 e. The van der Waals surface area contributed by atoms with Gasteiger partial charge in [0.05, 0.1) is 6.07 Å². The number of nitriles is 1. The summed E-state index contributed by atoms with van der Waals surface area (Å²) in [6.45, 7) is 7.27. The van der Waals surface area contributed by atoms with Crippen molar-refractivity contribution >= 4 is 5.69 Å². The van der Waals surface area contributed by atoms with Gasteiger partial charge in [-0.1, -0.05) is 12.1 Å². The predicted molar refractivity (Wildman–Crippen MR) is 64.0 cm³/mol. The van der Waals surface area contributed by atoms with Crippen LogP contribution in [0.2, 0.25) is 0 Å². The smallest absolute Gasteiger partial charge is 0.0625 e. The van der Waals surface area contributed by atoms with Crippen molar-refractivity contribution in [1.82, 2.24) is 0 Å². The van der Waals surface area contributed by atoms with Gasteiger partial charge in [-0.25, -0.2) is 0 Å². The molecule has 2 nitrogen and oxygen atoms in total. The van der Waals surface area contributed by atoms with E-state index in [1.165, 1.54) is 22.4 Å². The summed E-state index contributed by atoms with van der Waals surface area (Å²) in [4.78, 5) is 0. The molecule has 0 aromatic heterocycles. The van der Waals surface area contributed by atoms with Gasteiger partial charge in [-0.05, 0) is 43.9 Å². The van der Waals surface area contributed by atoms with Gasteiger partial charge in [0.2, 0.25) is 0 Å². The maximum atomic E-state index is 8.54. The van der Waals surface area contributed by atoms with Crippen LogP contribution in [0, 0.1) is 25.2 Å². The Hall–Kier alpha value is -1.49. The van der Waals surface area contributed by atoms with E-state index in [4.69, 9.17) is 5.26 Å². The predicted octanol–water partition coefficient (Wildman–Crippen LogP) is 3.19. The second-order valence-corrected chi connectivity index (χ2v) is 3.79. The van der Waals surface area contributed by atoms with Crippen LogP contribution < -0.4 is 5.32 Å². The van der Waals surface area contributed by atoms with Crippen LogP contribution in [0.4, 0.5) is 5.69 Å². The van der Waals surface area contributed by atoms with E-state index in [2.05, 4.69) is 44.3 Å². The lowest BCUT2D eigenvalue weighted by Gasteiger charge is -2.13. The minimum absolute atomic E-state index is 0.597. The Balaban J connectivity index is 2.93. The van der Waals surface area contributed by atoms with Crippen LogP contribution >= 0.6 is 0 Å². The van der Waals surface area contributed by atoms with Crippen LogP contribution in [-0.2, 0) is 6.42 Å². The number of rotatable bonds is 4.